The van der Waals surface area contributed by atoms with Gasteiger partial charge < -0.3 is 19.5 Å². The van der Waals surface area contributed by atoms with E-state index in [0.717, 1.165) is 5.56 Å². The first kappa shape index (κ1) is 17.8. The second kappa shape index (κ2) is 8.35. The molecule has 1 amide bonds. The SMILES string of the molecule is COc1ccc(OC)c([C@H](C)NC(=O)COC(=O)c2ccsc2)c1. The van der Waals surface area contributed by atoms with E-state index in [1.807, 2.05) is 6.92 Å². The minimum atomic E-state index is -0.516. The summed E-state index contributed by atoms with van der Waals surface area (Å²) in [5.41, 5.74) is 1.21. The van der Waals surface area contributed by atoms with Crippen LogP contribution in [0.25, 0.3) is 0 Å². The van der Waals surface area contributed by atoms with Crippen LogP contribution >= 0.6 is 11.3 Å². The summed E-state index contributed by atoms with van der Waals surface area (Å²) in [6.45, 7) is 1.47. The van der Waals surface area contributed by atoms with Crippen LogP contribution in [0.3, 0.4) is 0 Å². The molecule has 0 unspecified atom stereocenters. The Hall–Kier alpha value is -2.54. The van der Waals surface area contributed by atoms with Crippen molar-refractivity contribution in [2.24, 2.45) is 0 Å². The number of carbonyl (C=O) groups is 2. The van der Waals surface area contributed by atoms with Crippen molar-refractivity contribution < 1.29 is 23.8 Å². The Bertz CT molecular complexity index is 699. The fourth-order valence-corrected chi connectivity index (χ4v) is 2.76. The number of hydrogen-bond donors (Lipinski definition) is 1. The fourth-order valence-electron chi connectivity index (χ4n) is 2.13. The molecule has 0 radical (unpaired) electrons. The average Bonchev–Trinajstić information content (AvgIpc) is 3.13. The maximum atomic E-state index is 12.0. The lowest BCUT2D eigenvalue weighted by Gasteiger charge is -2.18. The average molecular weight is 349 g/mol. The molecule has 0 aliphatic rings. The zero-order valence-corrected chi connectivity index (χ0v) is 14.5. The molecule has 0 aliphatic carbocycles. The predicted molar refractivity (Wildman–Crippen MR) is 90.7 cm³/mol. The van der Waals surface area contributed by atoms with Crippen LogP contribution in [0.2, 0.25) is 0 Å². The van der Waals surface area contributed by atoms with Gasteiger partial charge in [0.15, 0.2) is 6.61 Å². The van der Waals surface area contributed by atoms with Crippen molar-refractivity contribution >= 4 is 23.2 Å². The Labute approximate surface area is 144 Å². The van der Waals surface area contributed by atoms with Gasteiger partial charge in [-0.1, -0.05) is 0 Å². The molecule has 128 valence electrons. The molecule has 1 heterocycles. The standard InChI is InChI=1S/C17H19NO5S/c1-11(14-8-13(21-2)4-5-15(14)22-3)18-16(19)9-23-17(20)12-6-7-24-10-12/h4-8,10-11H,9H2,1-3H3,(H,18,19)/t11-/m0/s1. The summed E-state index contributed by atoms with van der Waals surface area (Å²) in [4.78, 5) is 23.7. The number of hydrogen-bond acceptors (Lipinski definition) is 6. The number of carbonyl (C=O) groups excluding carboxylic acids is 2. The summed E-state index contributed by atoms with van der Waals surface area (Å²) in [6.07, 6.45) is 0. The van der Waals surface area contributed by atoms with Gasteiger partial charge in [-0.15, -0.1) is 0 Å². The maximum Gasteiger partial charge on any atom is 0.339 e. The first-order chi connectivity index (χ1) is 11.5. The lowest BCUT2D eigenvalue weighted by atomic mass is 10.1. The highest BCUT2D eigenvalue weighted by Gasteiger charge is 2.17. The van der Waals surface area contributed by atoms with Gasteiger partial charge in [0.1, 0.15) is 11.5 Å². The first-order valence-corrected chi connectivity index (χ1v) is 8.20. The van der Waals surface area contributed by atoms with Crippen molar-refractivity contribution in [3.63, 3.8) is 0 Å². The highest BCUT2D eigenvalue weighted by atomic mass is 32.1. The van der Waals surface area contributed by atoms with E-state index < -0.39 is 11.9 Å². The van der Waals surface area contributed by atoms with Crippen LogP contribution < -0.4 is 14.8 Å². The van der Waals surface area contributed by atoms with Crippen LogP contribution in [0.5, 0.6) is 11.5 Å². The molecule has 1 N–H and O–H groups in total. The number of methoxy groups -OCH3 is 2. The topological polar surface area (TPSA) is 73.9 Å². The number of ether oxygens (including phenoxy) is 3. The predicted octanol–water partition coefficient (Wildman–Crippen LogP) is 2.80. The summed E-state index contributed by atoms with van der Waals surface area (Å²) in [7, 11) is 3.13. The first-order valence-electron chi connectivity index (χ1n) is 7.25. The van der Waals surface area contributed by atoms with Gasteiger partial charge >= 0.3 is 5.97 Å². The molecule has 1 aromatic heterocycles. The molecule has 0 spiro atoms. The monoisotopic (exact) mass is 349 g/mol. The van der Waals surface area contributed by atoms with Crippen molar-refractivity contribution in [3.8, 4) is 11.5 Å². The van der Waals surface area contributed by atoms with E-state index in [4.69, 9.17) is 14.2 Å². The zero-order chi connectivity index (χ0) is 17.5. The number of rotatable bonds is 7. The van der Waals surface area contributed by atoms with Gasteiger partial charge in [0, 0.05) is 10.9 Å². The maximum absolute atomic E-state index is 12.0. The highest BCUT2D eigenvalue weighted by molar-refractivity contribution is 7.08. The van der Waals surface area contributed by atoms with Crippen molar-refractivity contribution in [2.75, 3.05) is 20.8 Å². The molecule has 7 heteroatoms. The molecule has 6 nitrogen and oxygen atoms in total. The molecule has 2 aromatic rings. The highest BCUT2D eigenvalue weighted by Crippen LogP contribution is 2.29. The lowest BCUT2D eigenvalue weighted by Crippen LogP contribution is -2.31. The van der Waals surface area contributed by atoms with E-state index >= 15 is 0 Å². The van der Waals surface area contributed by atoms with Crippen molar-refractivity contribution in [2.45, 2.75) is 13.0 Å². The van der Waals surface area contributed by atoms with Gasteiger partial charge in [0.25, 0.3) is 5.91 Å². The van der Waals surface area contributed by atoms with Crippen LogP contribution in [-0.4, -0.2) is 32.7 Å². The van der Waals surface area contributed by atoms with Crippen LogP contribution in [0.4, 0.5) is 0 Å². The van der Waals surface area contributed by atoms with Gasteiger partial charge in [-0.2, -0.15) is 11.3 Å². The molecule has 0 fully saturated rings. The summed E-state index contributed by atoms with van der Waals surface area (Å²) < 4.78 is 15.5. The fraction of sp³-hybridized carbons (Fsp3) is 0.294. The molecule has 1 atom stereocenters. The van der Waals surface area contributed by atoms with Gasteiger partial charge in [-0.3, -0.25) is 4.79 Å². The third kappa shape index (κ3) is 4.48. The summed E-state index contributed by atoms with van der Waals surface area (Å²) in [5.74, 6) is 0.392. The number of esters is 1. The van der Waals surface area contributed by atoms with Gasteiger partial charge in [-0.05, 0) is 36.6 Å². The third-order valence-electron chi connectivity index (χ3n) is 3.37. The minimum Gasteiger partial charge on any atom is -0.497 e. The molecular formula is C17H19NO5S. The second-order valence-electron chi connectivity index (χ2n) is 4.99. The van der Waals surface area contributed by atoms with E-state index in [1.54, 1.807) is 49.2 Å². The normalized spacial score (nSPS) is 11.5. The van der Waals surface area contributed by atoms with E-state index in [0.29, 0.717) is 17.1 Å². The third-order valence-corrected chi connectivity index (χ3v) is 4.06. The van der Waals surface area contributed by atoms with Crippen LogP contribution in [-0.2, 0) is 9.53 Å². The summed E-state index contributed by atoms with van der Waals surface area (Å²) in [5, 5.41) is 6.22. The van der Waals surface area contributed by atoms with Gasteiger partial charge in [-0.25, -0.2) is 4.79 Å². The Morgan fingerprint density at radius 1 is 1.21 bits per heavy atom. The lowest BCUT2D eigenvalue weighted by molar-refractivity contribution is -0.124. The molecule has 0 saturated carbocycles. The molecule has 0 aliphatic heterocycles. The number of nitrogens with one attached hydrogen (secondary N) is 1. The summed E-state index contributed by atoms with van der Waals surface area (Å²) in [6, 6.07) is 6.66. The van der Waals surface area contributed by atoms with E-state index in [2.05, 4.69) is 5.32 Å². The summed E-state index contributed by atoms with van der Waals surface area (Å²) >= 11 is 1.39. The van der Waals surface area contributed by atoms with Gasteiger partial charge in [0.2, 0.25) is 0 Å². The van der Waals surface area contributed by atoms with E-state index in [-0.39, 0.29) is 12.6 Å². The Morgan fingerprint density at radius 2 is 2.00 bits per heavy atom. The molecule has 1 aromatic carbocycles. The molecular weight excluding hydrogens is 330 g/mol. The van der Waals surface area contributed by atoms with Crippen LogP contribution in [0, 0.1) is 0 Å². The van der Waals surface area contributed by atoms with Crippen molar-refractivity contribution in [1.29, 1.82) is 0 Å². The van der Waals surface area contributed by atoms with Gasteiger partial charge in [0.05, 0.1) is 25.8 Å². The zero-order valence-electron chi connectivity index (χ0n) is 13.7. The van der Waals surface area contributed by atoms with E-state index in [9.17, 15) is 9.59 Å². The number of benzene rings is 1. The second-order valence-corrected chi connectivity index (χ2v) is 5.77. The molecule has 0 saturated heterocycles. The van der Waals surface area contributed by atoms with Crippen molar-refractivity contribution in [1.82, 2.24) is 5.32 Å². The Kier molecular flexibility index (Phi) is 6.20. The molecule has 24 heavy (non-hydrogen) atoms. The minimum absolute atomic E-state index is 0.331. The van der Waals surface area contributed by atoms with Crippen LogP contribution in [0.15, 0.2) is 35.0 Å². The number of amides is 1. The smallest absolute Gasteiger partial charge is 0.339 e. The molecule has 0 bridgehead atoms. The Morgan fingerprint density at radius 3 is 2.62 bits per heavy atom. The number of thiophene rings is 1. The molecule has 2 rings (SSSR count). The largest absolute Gasteiger partial charge is 0.497 e. The van der Waals surface area contributed by atoms with E-state index in [1.165, 1.54) is 11.3 Å². The Balaban J connectivity index is 1.95. The van der Waals surface area contributed by atoms with Crippen molar-refractivity contribution in [3.05, 3.63) is 46.2 Å². The van der Waals surface area contributed by atoms with Crippen LogP contribution in [0.1, 0.15) is 28.9 Å². The quantitative estimate of drug-likeness (QED) is 0.778.